The maximum atomic E-state index is 5.98. The molecule has 1 unspecified atom stereocenters. The molecule has 0 spiro atoms. The van der Waals surface area contributed by atoms with Crippen LogP contribution in [0.2, 0.25) is 0 Å². The first-order chi connectivity index (χ1) is 8.49. The van der Waals surface area contributed by atoms with E-state index >= 15 is 0 Å². The normalized spacial score (nSPS) is 12.8. The van der Waals surface area contributed by atoms with E-state index in [4.69, 9.17) is 4.74 Å². The zero-order valence-electron chi connectivity index (χ0n) is 12.4. The third-order valence-electron chi connectivity index (χ3n) is 3.00. The van der Waals surface area contributed by atoms with Crippen molar-refractivity contribution in [1.82, 2.24) is 5.32 Å². The third kappa shape index (κ3) is 5.54. The highest BCUT2D eigenvalue weighted by atomic mass is 16.5. The van der Waals surface area contributed by atoms with Gasteiger partial charge >= 0.3 is 0 Å². The lowest BCUT2D eigenvalue weighted by Gasteiger charge is -2.17. The Morgan fingerprint density at radius 3 is 2.50 bits per heavy atom. The summed E-state index contributed by atoms with van der Waals surface area (Å²) in [5.41, 5.74) is 2.51. The highest BCUT2D eigenvalue weighted by Gasteiger charge is 2.06. The molecule has 0 saturated heterocycles. The van der Waals surface area contributed by atoms with Crippen molar-refractivity contribution in [2.24, 2.45) is 0 Å². The molecule has 0 amide bonds. The third-order valence-corrected chi connectivity index (χ3v) is 3.00. The van der Waals surface area contributed by atoms with Gasteiger partial charge in [0.2, 0.25) is 0 Å². The standard InChI is InChI=1S/C16H27NO/c1-12(2)17-10-6-7-15(5)18-16-9-8-13(3)11-14(16)4/h8-9,11-12,15,17H,6-7,10H2,1-5H3. The summed E-state index contributed by atoms with van der Waals surface area (Å²) in [5.74, 6) is 1.02. The minimum Gasteiger partial charge on any atom is -0.490 e. The van der Waals surface area contributed by atoms with Gasteiger partial charge in [0, 0.05) is 6.04 Å². The molecule has 0 aliphatic heterocycles. The summed E-state index contributed by atoms with van der Waals surface area (Å²) in [6, 6.07) is 6.92. The van der Waals surface area contributed by atoms with Crippen molar-refractivity contribution in [3.63, 3.8) is 0 Å². The lowest BCUT2D eigenvalue weighted by molar-refractivity contribution is 0.205. The van der Waals surface area contributed by atoms with Crippen LogP contribution < -0.4 is 10.1 Å². The summed E-state index contributed by atoms with van der Waals surface area (Å²) in [4.78, 5) is 0. The Labute approximate surface area is 112 Å². The van der Waals surface area contributed by atoms with Crippen LogP contribution in [0.15, 0.2) is 18.2 Å². The van der Waals surface area contributed by atoms with Crippen LogP contribution in [0.3, 0.4) is 0 Å². The molecule has 1 aromatic carbocycles. The van der Waals surface area contributed by atoms with Crippen molar-refractivity contribution >= 4 is 0 Å². The van der Waals surface area contributed by atoms with Crippen molar-refractivity contribution in [3.05, 3.63) is 29.3 Å². The molecule has 0 heterocycles. The maximum Gasteiger partial charge on any atom is 0.122 e. The van der Waals surface area contributed by atoms with Crippen molar-refractivity contribution < 1.29 is 4.74 Å². The van der Waals surface area contributed by atoms with Crippen LogP contribution in [0.4, 0.5) is 0 Å². The van der Waals surface area contributed by atoms with Gasteiger partial charge in [-0.3, -0.25) is 0 Å². The molecule has 1 aromatic rings. The van der Waals surface area contributed by atoms with E-state index in [1.807, 2.05) is 0 Å². The molecular formula is C16H27NO. The van der Waals surface area contributed by atoms with E-state index in [2.05, 4.69) is 58.1 Å². The van der Waals surface area contributed by atoms with Gasteiger partial charge in [-0.05, 0) is 51.8 Å². The summed E-state index contributed by atoms with van der Waals surface area (Å²) in [6.07, 6.45) is 2.53. The second kappa shape index (κ2) is 7.42. The van der Waals surface area contributed by atoms with E-state index in [0.29, 0.717) is 6.04 Å². The highest BCUT2D eigenvalue weighted by molar-refractivity contribution is 5.35. The topological polar surface area (TPSA) is 21.3 Å². The number of nitrogens with one attached hydrogen (secondary N) is 1. The van der Waals surface area contributed by atoms with Gasteiger partial charge in [0.05, 0.1) is 6.10 Å². The number of rotatable bonds is 7. The number of benzene rings is 1. The van der Waals surface area contributed by atoms with Crippen LogP contribution in [-0.2, 0) is 0 Å². The Bertz CT molecular complexity index is 360. The molecule has 1 N–H and O–H groups in total. The molecule has 2 heteroatoms. The molecule has 0 fully saturated rings. The zero-order chi connectivity index (χ0) is 13.5. The number of hydrogen-bond acceptors (Lipinski definition) is 2. The van der Waals surface area contributed by atoms with Crippen molar-refractivity contribution in [3.8, 4) is 5.75 Å². The van der Waals surface area contributed by atoms with Gasteiger partial charge < -0.3 is 10.1 Å². The molecule has 1 atom stereocenters. The molecular weight excluding hydrogens is 222 g/mol. The summed E-state index contributed by atoms with van der Waals surface area (Å²) in [5, 5.41) is 3.43. The van der Waals surface area contributed by atoms with E-state index in [1.165, 1.54) is 11.1 Å². The van der Waals surface area contributed by atoms with E-state index in [1.54, 1.807) is 0 Å². The zero-order valence-corrected chi connectivity index (χ0v) is 12.4. The monoisotopic (exact) mass is 249 g/mol. The molecule has 0 aliphatic rings. The molecule has 1 rings (SSSR count). The fourth-order valence-electron chi connectivity index (χ4n) is 1.99. The first kappa shape index (κ1) is 15.0. The second-order valence-corrected chi connectivity index (χ2v) is 5.45. The van der Waals surface area contributed by atoms with Gasteiger partial charge in [-0.1, -0.05) is 31.5 Å². The van der Waals surface area contributed by atoms with Crippen LogP contribution in [0.5, 0.6) is 5.75 Å². The number of aryl methyl sites for hydroxylation is 2. The lowest BCUT2D eigenvalue weighted by atomic mass is 10.1. The summed E-state index contributed by atoms with van der Waals surface area (Å²) >= 11 is 0. The van der Waals surface area contributed by atoms with E-state index in [9.17, 15) is 0 Å². The largest absolute Gasteiger partial charge is 0.490 e. The van der Waals surface area contributed by atoms with Crippen LogP contribution in [0.1, 0.15) is 44.7 Å². The minimum absolute atomic E-state index is 0.278. The van der Waals surface area contributed by atoms with E-state index in [0.717, 1.165) is 25.1 Å². The van der Waals surface area contributed by atoms with Crippen LogP contribution in [-0.4, -0.2) is 18.7 Å². The maximum absolute atomic E-state index is 5.98. The van der Waals surface area contributed by atoms with Crippen molar-refractivity contribution in [1.29, 1.82) is 0 Å². The van der Waals surface area contributed by atoms with Gasteiger partial charge in [-0.2, -0.15) is 0 Å². The van der Waals surface area contributed by atoms with E-state index in [-0.39, 0.29) is 6.10 Å². The molecule has 2 nitrogen and oxygen atoms in total. The van der Waals surface area contributed by atoms with Gasteiger partial charge in [0.25, 0.3) is 0 Å². The predicted octanol–water partition coefficient (Wildman–Crippen LogP) is 3.85. The summed E-state index contributed by atoms with van der Waals surface area (Å²) < 4.78 is 5.98. The smallest absolute Gasteiger partial charge is 0.122 e. The van der Waals surface area contributed by atoms with Gasteiger partial charge in [-0.25, -0.2) is 0 Å². The second-order valence-electron chi connectivity index (χ2n) is 5.45. The summed E-state index contributed by atoms with van der Waals surface area (Å²) in [7, 11) is 0. The average Bonchev–Trinajstić information content (AvgIpc) is 2.28. The first-order valence-electron chi connectivity index (χ1n) is 6.96. The number of ether oxygens (including phenoxy) is 1. The van der Waals surface area contributed by atoms with Crippen LogP contribution in [0, 0.1) is 13.8 Å². The van der Waals surface area contributed by atoms with Crippen molar-refractivity contribution in [2.45, 2.75) is 59.6 Å². The SMILES string of the molecule is Cc1ccc(OC(C)CCCNC(C)C)c(C)c1. The Morgan fingerprint density at radius 1 is 1.17 bits per heavy atom. The fourth-order valence-corrected chi connectivity index (χ4v) is 1.99. The highest BCUT2D eigenvalue weighted by Crippen LogP contribution is 2.20. The van der Waals surface area contributed by atoms with Crippen LogP contribution >= 0.6 is 0 Å². The molecule has 102 valence electrons. The van der Waals surface area contributed by atoms with Crippen LogP contribution in [0.25, 0.3) is 0 Å². The Balaban J connectivity index is 2.33. The lowest BCUT2D eigenvalue weighted by Crippen LogP contribution is -2.25. The van der Waals surface area contributed by atoms with Crippen molar-refractivity contribution in [2.75, 3.05) is 6.54 Å². The minimum atomic E-state index is 0.278. The predicted molar refractivity (Wildman–Crippen MR) is 78.4 cm³/mol. The van der Waals surface area contributed by atoms with Gasteiger partial charge in [0.1, 0.15) is 5.75 Å². The molecule has 0 saturated carbocycles. The first-order valence-corrected chi connectivity index (χ1v) is 6.96. The Morgan fingerprint density at radius 2 is 1.89 bits per heavy atom. The van der Waals surface area contributed by atoms with E-state index < -0.39 is 0 Å². The average molecular weight is 249 g/mol. The molecule has 0 bridgehead atoms. The molecule has 0 aliphatic carbocycles. The fraction of sp³-hybridized carbons (Fsp3) is 0.625. The van der Waals surface area contributed by atoms with Gasteiger partial charge in [-0.15, -0.1) is 0 Å². The quantitative estimate of drug-likeness (QED) is 0.741. The van der Waals surface area contributed by atoms with Gasteiger partial charge in [0.15, 0.2) is 0 Å². The number of hydrogen-bond donors (Lipinski definition) is 1. The summed E-state index contributed by atoms with van der Waals surface area (Å²) in [6.45, 7) is 11.8. The Hall–Kier alpha value is -1.02. The Kier molecular flexibility index (Phi) is 6.20. The molecule has 0 aromatic heterocycles. The molecule has 0 radical (unpaired) electrons. The molecule has 18 heavy (non-hydrogen) atoms.